The summed E-state index contributed by atoms with van der Waals surface area (Å²) < 4.78 is 0. The molecule has 0 radical (unpaired) electrons. The van der Waals surface area contributed by atoms with Gasteiger partial charge in [-0.3, -0.25) is 9.59 Å². The third-order valence-electron chi connectivity index (χ3n) is 5.32. The van der Waals surface area contributed by atoms with Crippen LogP contribution < -0.4 is 0 Å². The van der Waals surface area contributed by atoms with Gasteiger partial charge >= 0.3 is 0 Å². The molecule has 0 bridgehead atoms. The summed E-state index contributed by atoms with van der Waals surface area (Å²) in [6.45, 7) is 4.29. The Morgan fingerprint density at radius 1 is 1.04 bits per heavy atom. The Morgan fingerprint density at radius 2 is 1.75 bits per heavy atom. The number of carbonyl (C=O) groups excluding carboxylic acids is 2. The Morgan fingerprint density at radius 3 is 2.42 bits per heavy atom. The minimum absolute atomic E-state index is 0.0298. The maximum atomic E-state index is 12.8. The maximum Gasteiger partial charge on any atom is 0.255 e. The molecule has 5 heteroatoms. The largest absolute Gasteiger partial charge is 0.340 e. The first-order valence-electron chi connectivity index (χ1n) is 8.92. The van der Waals surface area contributed by atoms with E-state index in [0.29, 0.717) is 29.7 Å². The summed E-state index contributed by atoms with van der Waals surface area (Å²) in [5.74, 6) is 0.311. The number of amides is 2. The highest BCUT2D eigenvalue weighted by Gasteiger charge is 2.33. The van der Waals surface area contributed by atoms with E-state index in [1.165, 1.54) is 6.42 Å². The minimum Gasteiger partial charge on any atom is -0.340 e. The Bertz CT molecular complexity index is 611. The van der Waals surface area contributed by atoms with Crippen LogP contribution in [-0.2, 0) is 4.79 Å². The van der Waals surface area contributed by atoms with Crippen LogP contribution in [0.5, 0.6) is 0 Å². The highest BCUT2D eigenvalue weighted by molar-refractivity contribution is 6.33. The smallest absolute Gasteiger partial charge is 0.255 e. The van der Waals surface area contributed by atoms with Gasteiger partial charge in [-0.25, -0.2) is 0 Å². The Labute approximate surface area is 148 Å². The molecule has 0 N–H and O–H groups in total. The molecule has 3 rings (SSSR count). The van der Waals surface area contributed by atoms with Crippen molar-refractivity contribution in [3.63, 3.8) is 0 Å². The van der Waals surface area contributed by atoms with E-state index in [9.17, 15) is 9.59 Å². The summed E-state index contributed by atoms with van der Waals surface area (Å²) in [5.41, 5.74) is 0.550. The molecule has 0 spiro atoms. The topological polar surface area (TPSA) is 40.6 Å². The SMILES string of the molecule is C[C@@H]1CCCCN1C(=O)C1CCN(C(=O)c2ccccc2Cl)CC1. The van der Waals surface area contributed by atoms with Gasteiger partial charge in [0.05, 0.1) is 10.6 Å². The van der Waals surface area contributed by atoms with Crippen molar-refractivity contribution < 1.29 is 9.59 Å². The number of hydrogen-bond acceptors (Lipinski definition) is 2. The second-order valence-electron chi connectivity index (χ2n) is 6.92. The number of nitrogens with zero attached hydrogens (tertiary/aromatic N) is 2. The van der Waals surface area contributed by atoms with Crippen LogP contribution in [0.4, 0.5) is 0 Å². The lowest BCUT2D eigenvalue weighted by molar-refractivity contribution is -0.140. The number of halogens is 1. The van der Waals surface area contributed by atoms with Gasteiger partial charge in [-0.15, -0.1) is 0 Å². The van der Waals surface area contributed by atoms with Crippen LogP contribution in [0.2, 0.25) is 5.02 Å². The molecule has 2 amide bonds. The second kappa shape index (κ2) is 7.56. The van der Waals surface area contributed by atoms with Crippen LogP contribution in [0.3, 0.4) is 0 Å². The third-order valence-corrected chi connectivity index (χ3v) is 5.65. The van der Waals surface area contributed by atoms with E-state index in [4.69, 9.17) is 11.6 Å². The van der Waals surface area contributed by atoms with Crippen molar-refractivity contribution in [3.05, 3.63) is 34.9 Å². The molecule has 1 aromatic carbocycles. The van der Waals surface area contributed by atoms with Crippen molar-refractivity contribution in [3.8, 4) is 0 Å². The van der Waals surface area contributed by atoms with Crippen LogP contribution in [0.1, 0.15) is 49.4 Å². The van der Waals surface area contributed by atoms with E-state index in [2.05, 4.69) is 11.8 Å². The molecular formula is C19H25ClN2O2. The Kier molecular flexibility index (Phi) is 5.44. The summed E-state index contributed by atoms with van der Waals surface area (Å²) in [6, 6.07) is 7.51. The first kappa shape index (κ1) is 17.3. The van der Waals surface area contributed by atoms with E-state index in [-0.39, 0.29) is 17.7 Å². The maximum absolute atomic E-state index is 12.8. The number of carbonyl (C=O) groups is 2. The molecule has 1 aromatic rings. The lowest BCUT2D eigenvalue weighted by Gasteiger charge is -2.38. The normalized spacial score (nSPS) is 22.5. The predicted octanol–water partition coefficient (Wildman–Crippen LogP) is 3.59. The van der Waals surface area contributed by atoms with Crippen LogP contribution in [-0.4, -0.2) is 47.3 Å². The fourth-order valence-electron chi connectivity index (χ4n) is 3.79. The molecule has 0 aliphatic carbocycles. The fraction of sp³-hybridized carbons (Fsp3) is 0.579. The van der Waals surface area contributed by atoms with E-state index < -0.39 is 0 Å². The molecule has 1 atom stereocenters. The van der Waals surface area contributed by atoms with Crippen LogP contribution in [0, 0.1) is 5.92 Å². The first-order valence-corrected chi connectivity index (χ1v) is 9.30. The zero-order valence-corrected chi connectivity index (χ0v) is 15.0. The molecule has 2 aliphatic heterocycles. The quantitative estimate of drug-likeness (QED) is 0.819. The summed E-state index contributed by atoms with van der Waals surface area (Å²) in [6.07, 6.45) is 4.93. The number of piperidine rings is 2. The second-order valence-corrected chi connectivity index (χ2v) is 7.33. The van der Waals surface area contributed by atoms with Gasteiger partial charge in [-0.05, 0) is 51.2 Å². The van der Waals surface area contributed by atoms with Gasteiger partial charge in [-0.1, -0.05) is 23.7 Å². The molecule has 2 aliphatic rings. The number of hydrogen-bond donors (Lipinski definition) is 0. The van der Waals surface area contributed by atoms with Gasteiger partial charge < -0.3 is 9.80 Å². The minimum atomic E-state index is -0.0298. The van der Waals surface area contributed by atoms with E-state index in [1.54, 1.807) is 12.1 Å². The van der Waals surface area contributed by atoms with Crippen molar-refractivity contribution in [1.29, 1.82) is 0 Å². The summed E-state index contributed by atoms with van der Waals surface area (Å²) >= 11 is 6.13. The lowest BCUT2D eigenvalue weighted by atomic mass is 9.92. The van der Waals surface area contributed by atoms with Crippen molar-refractivity contribution >= 4 is 23.4 Å². The summed E-state index contributed by atoms with van der Waals surface area (Å²) in [4.78, 5) is 29.2. The molecular weight excluding hydrogens is 324 g/mol. The van der Waals surface area contributed by atoms with Crippen LogP contribution >= 0.6 is 11.6 Å². The van der Waals surface area contributed by atoms with Gasteiger partial charge in [0, 0.05) is 31.6 Å². The molecule has 0 saturated carbocycles. The third kappa shape index (κ3) is 3.59. The Hall–Kier alpha value is -1.55. The summed E-state index contributed by atoms with van der Waals surface area (Å²) in [5, 5.41) is 0.489. The standard InChI is InChI=1S/C19H25ClN2O2/c1-14-6-4-5-11-22(14)18(23)15-9-12-21(13-10-15)19(24)16-7-2-3-8-17(16)20/h2-3,7-8,14-15H,4-6,9-13H2,1H3/t14-/m1/s1. The van der Waals surface area contributed by atoms with Gasteiger partial charge in [0.15, 0.2) is 0 Å². The fourth-order valence-corrected chi connectivity index (χ4v) is 4.01. The van der Waals surface area contributed by atoms with Gasteiger partial charge in [0.25, 0.3) is 5.91 Å². The zero-order chi connectivity index (χ0) is 17.1. The van der Waals surface area contributed by atoms with Crippen LogP contribution in [0.15, 0.2) is 24.3 Å². The van der Waals surface area contributed by atoms with Crippen molar-refractivity contribution in [2.45, 2.75) is 45.1 Å². The molecule has 2 heterocycles. The van der Waals surface area contributed by atoms with E-state index in [0.717, 1.165) is 32.2 Å². The van der Waals surface area contributed by atoms with Crippen molar-refractivity contribution in [2.75, 3.05) is 19.6 Å². The van der Waals surface area contributed by atoms with Gasteiger partial charge in [-0.2, -0.15) is 0 Å². The predicted molar refractivity (Wildman–Crippen MR) is 95.1 cm³/mol. The van der Waals surface area contributed by atoms with Crippen LogP contribution in [0.25, 0.3) is 0 Å². The molecule has 2 fully saturated rings. The average Bonchev–Trinajstić information content (AvgIpc) is 2.61. The molecule has 130 valence electrons. The molecule has 2 saturated heterocycles. The molecule has 0 aromatic heterocycles. The monoisotopic (exact) mass is 348 g/mol. The van der Waals surface area contributed by atoms with Gasteiger partial charge in [0.2, 0.25) is 5.91 Å². The molecule has 4 nitrogen and oxygen atoms in total. The van der Waals surface area contributed by atoms with Crippen molar-refractivity contribution in [2.24, 2.45) is 5.92 Å². The van der Waals surface area contributed by atoms with E-state index in [1.807, 2.05) is 17.0 Å². The zero-order valence-electron chi connectivity index (χ0n) is 14.2. The Balaban J connectivity index is 1.58. The van der Waals surface area contributed by atoms with Gasteiger partial charge in [0.1, 0.15) is 0 Å². The number of rotatable bonds is 2. The lowest BCUT2D eigenvalue weighted by Crippen LogP contribution is -2.48. The highest BCUT2D eigenvalue weighted by Crippen LogP contribution is 2.26. The highest BCUT2D eigenvalue weighted by atomic mass is 35.5. The van der Waals surface area contributed by atoms with Crippen molar-refractivity contribution in [1.82, 2.24) is 9.80 Å². The number of likely N-dealkylation sites (tertiary alicyclic amines) is 2. The first-order chi connectivity index (χ1) is 11.6. The van der Waals surface area contributed by atoms with E-state index >= 15 is 0 Å². The average molecular weight is 349 g/mol. The molecule has 24 heavy (non-hydrogen) atoms. The number of benzene rings is 1. The summed E-state index contributed by atoms with van der Waals surface area (Å²) in [7, 11) is 0. The molecule has 0 unspecified atom stereocenters.